The third-order valence-electron chi connectivity index (χ3n) is 2.71. The van der Waals surface area contributed by atoms with Gasteiger partial charge in [0, 0.05) is 17.1 Å². The molecule has 0 saturated heterocycles. The summed E-state index contributed by atoms with van der Waals surface area (Å²) in [5.41, 5.74) is 2.09. The maximum absolute atomic E-state index is 12.5. The van der Waals surface area contributed by atoms with E-state index in [1.165, 1.54) is 18.0 Å². The molecular weight excluding hydrogens is 296 g/mol. The largest absolute Gasteiger partial charge is 0.493 e. The Morgan fingerprint density at radius 3 is 2.83 bits per heavy atom. The quantitative estimate of drug-likeness (QED) is 0.819. The number of rotatable bonds is 3. The molecule has 0 amide bonds. The van der Waals surface area contributed by atoms with E-state index in [9.17, 15) is 4.79 Å². The van der Waals surface area contributed by atoms with Crippen molar-refractivity contribution in [3.8, 4) is 5.75 Å². The van der Waals surface area contributed by atoms with Gasteiger partial charge in [0.15, 0.2) is 11.4 Å². The molecule has 0 bridgehead atoms. The first kappa shape index (κ1) is 12.8. The van der Waals surface area contributed by atoms with E-state index in [0.717, 1.165) is 10.0 Å². The van der Waals surface area contributed by atoms with E-state index in [1.54, 1.807) is 7.05 Å². The van der Waals surface area contributed by atoms with Crippen LogP contribution in [0, 0.1) is 6.92 Å². The Hall–Kier alpha value is -1.62. The van der Waals surface area contributed by atoms with Gasteiger partial charge in [-0.2, -0.15) is 5.10 Å². The first-order valence-electron chi connectivity index (χ1n) is 5.41. The number of hydrogen-bond acceptors (Lipinski definition) is 3. The van der Waals surface area contributed by atoms with Crippen LogP contribution in [-0.2, 0) is 7.05 Å². The number of methoxy groups -OCH3 is 1. The lowest BCUT2D eigenvalue weighted by atomic mass is 10.1. The first-order chi connectivity index (χ1) is 8.54. The highest BCUT2D eigenvalue weighted by molar-refractivity contribution is 9.10. The molecule has 0 aliphatic heterocycles. The average molecular weight is 309 g/mol. The van der Waals surface area contributed by atoms with Gasteiger partial charge in [-0.3, -0.25) is 9.48 Å². The van der Waals surface area contributed by atoms with Gasteiger partial charge < -0.3 is 4.74 Å². The van der Waals surface area contributed by atoms with E-state index in [-0.39, 0.29) is 5.78 Å². The molecule has 0 unspecified atom stereocenters. The monoisotopic (exact) mass is 308 g/mol. The molecule has 2 rings (SSSR count). The molecule has 0 aliphatic carbocycles. The third kappa shape index (κ3) is 2.18. The van der Waals surface area contributed by atoms with Crippen LogP contribution in [0.3, 0.4) is 0 Å². The Labute approximate surface area is 114 Å². The van der Waals surface area contributed by atoms with Crippen molar-refractivity contribution >= 4 is 21.7 Å². The number of ether oxygens (including phenoxy) is 1. The van der Waals surface area contributed by atoms with E-state index < -0.39 is 0 Å². The van der Waals surface area contributed by atoms with Gasteiger partial charge in [0.2, 0.25) is 5.78 Å². The van der Waals surface area contributed by atoms with Gasteiger partial charge in [-0.1, -0.05) is 27.6 Å². The maximum atomic E-state index is 12.5. The van der Waals surface area contributed by atoms with Crippen LogP contribution in [0.4, 0.5) is 0 Å². The highest BCUT2D eigenvalue weighted by Gasteiger charge is 2.21. The zero-order valence-electron chi connectivity index (χ0n) is 10.4. The number of benzene rings is 1. The summed E-state index contributed by atoms with van der Waals surface area (Å²) in [6.07, 6.45) is 1.54. The van der Waals surface area contributed by atoms with Crippen LogP contribution in [0.15, 0.2) is 28.9 Å². The Balaban J connectivity index is 2.54. The summed E-state index contributed by atoms with van der Waals surface area (Å²) < 4.78 is 7.45. The Morgan fingerprint density at radius 1 is 1.44 bits per heavy atom. The van der Waals surface area contributed by atoms with Crippen molar-refractivity contribution in [1.82, 2.24) is 9.78 Å². The molecule has 0 saturated carbocycles. The second kappa shape index (κ2) is 4.94. The van der Waals surface area contributed by atoms with Crippen LogP contribution in [0.2, 0.25) is 0 Å². The van der Waals surface area contributed by atoms with Gasteiger partial charge in [0.05, 0.1) is 13.3 Å². The second-order valence-corrected chi connectivity index (χ2v) is 4.85. The highest BCUT2D eigenvalue weighted by Crippen LogP contribution is 2.25. The van der Waals surface area contributed by atoms with Crippen molar-refractivity contribution in [2.75, 3.05) is 7.11 Å². The Morgan fingerprint density at radius 2 is 2.17 bits per heavy atom. The molecule has 4 nitrogen and oxygen atoms in total. The zero-order chi connectivity index (χ0) is 13.3. The SMILES string of the molecule is COc1cnn(C)c1C(=O)c1cc(C)ccc1Br. The number of aromatic nitrogens is 2. The van der Waals surface area contributed by atoms with Gasteiger partial charge in [-0.25, -0.2) is 0 Å². The molecular formula is C13H13BrN2O2. The van der Waals surface area contributed by atoms with E-state index >= 15 is 0 Å². The number of nitrogens with zero attached hydrogens (tertiary/aromatic N) is 2. The van der Waals surface area contributed by atoms with Gasteiger partial charge in [0.25, 0.3) is 0 Å². The van der Waals surface area contributed by atoms with Crippen molar-refractivity contribution in [3.63, 3.8) is 0 Å². The number of halogens is 1. The fourth-order valence-electron chi connectivity index (χ4n) is 1.77. The molecule has 5 heteroatoms. The summed E-state index contributed by atoms with van der Waals surface area (Å²) >= 11 is 3.40. The fourth-order valence-corrected chi connectivity index (χ4v) is 2.19. The summed E-state index contributed by atoms with van der Waals surface area (Å²) in [6.45, 7) is 1.95. The Bertz CT molecular complexity index is 605. The van der Waals surface area contributed by atoms with Gasteiger partial charge >= 0.3 is 0 Å². The topological polar surface area (TPSA) is 44.1 Å². The van der Waals surface area contributed by atoms with Crippen LogP contribution < -0.4 is 4.74 Å². The van der Waals surface area contributed by atoms with Crippen molar-refractivity contribution < 1.29 is 9.53 Å². The molecule has 0 fully saturated rings. The highest BCUT2D eigenvalue weighted by atomic mass is 79.9. The molecule has 0 aliphatic rings. The van der Waals surface area contributed by atoms with Crippen molar-refractivity contribution in [2.45, 2.75) is 6.92 Å². The number of aryl methyl sites for hydroxylation is 2. The van der Waals surface area contributed by atoms with Crippen molar-refractivity contribution in [1.29, 1.82) is 0 Å². The van der Waals surface area contributed by atoms with Crippen LogP contribution in [0.5, 0.6) is 5.75 Å². The average Bonchev–Trinajstić information content (AvgIpc) is 2.72. The third-order valence-corrected chi connectivity index (χ3v) is 3.40. The predicted octanol–water partition coefficient (Wildman–Crippen LogP) is 2.73. The minimum atomic E-state index is -0.109. The normalized spacial score (nSPS) is 10.4. The second-order valence-electron chi connectivity index (χ2n) is 4.00. The summed E-state index contributed by atoms with van der Waals surface area (Å²) in [5, 5.41) is 4.04. The summed E-state index contributed by atoms with van der Waals surface area (Å²) in [5.74, 6) is 0.373. The van der Waals surface area contributed by atoms with Gasteiger partial charge in [-0.05, 0) is 19.1 Å². The molecule has 0 atom stereocenters. The minimum Gasteiger partial charge on any atom is -0.493 e. The number of carbonyl (C=O) groups is 1. The van der Waals surface area contributed by atoms with Gasteiger partial charge in [0.1, 0.15) is 0 Å². The van der Waals surface area contributed by atoms with Crippen LogP contribution in [0.25, 0.3) is 0 Å². The molecule has 94 valence electrons. The maximum Gasteiger partial charge on any atom is 0.215 e. The molecule has 0 radical (unpaired) electrons. The molecule has 0 N–H and O–H groups in total. The standard InChI is InChI=1S/C13H13BrN2O2/c1-8-4-5-10(14)9(6-8)13(17)12-11(18-3)7-15-16(12)2/h4-7H,1-3H3. The summed E-state index contributed by atoms with van der Waals surface area (Å²) in [4.78, 5) is 12.5. The lowest BCUT2D eigenvalue weighted by molar-refractivity contribution is 0.102. The summed E-state index contributed by atoms with van der Waals surface area (Å²) in [6, 6.07) is 5.66. The smallest absolute Gasteiger partial charge is 0.215 e. The van der Waals surface area contributed by atoms with E-state index in [0.29, 0.717) is 17.0 Å². The molecule has 1 aromatic heterocycles. The zero-order valence-corrected chi connectivity index (χ0v) is 12.0. The molecule has 1 aromatic carbocycles. The number of ketones is 1. The van der Waals surface area contributed by atoms with E-state index in [1.807, 2.05) is 25.1 Å². The van der Waals surface area contributed by atoms with Crippen molar-refractivity contribution in [2.24, 2.45) is 7.05 Å². The summed E-state index contributed by atoms with van der Waals surface area (Å²) in [7, 11) is 3.25. The van der Waals surface area contributed by atoms with Crippen molar-refractivity contribution in [3.05, 3.63) is 45.7 Å². The van der Waals surface area contributed by atoms with Crippen LogP contribution in [-0.4, -0.2) is 22.7 Å². The van der Waals surface area contributed by atoms with Gasteiger partial charge in [-0.15, -0.1) is 0 Å². The predicted molar refractivity (Wildman–Crippen MR) is 72.1 cm³/mol. The first-order valence-corrected chi connectivity index (χ1v) is 6.20. The number of carbonyl (C=O) groups excluding carboxylic acids is 1. The lowest BCUT2D eigenvalue weighted by Gasteiger charge is -2.07. The number of hydrogen-bond donors (Lipinski definition) is 0. The Kier molecular flexibility index (Phi) is 3.52. The minimum absolute atomic E-state index is 0.109. The van der Waals surface area contributed by atoms with Crippen LogP contribution >= 0.6 is 15.9 Å². The lowest BCUT2D eigenvalue weighted by Crippen LogP contribution is -2.10. The molecule has 0 spiro atoms. The van der Waals surface area contributed by atoms with E-state index in [2.05, 4.69) is 21.0 Å². The fraction of sp³-hybridized carbons (Fsp3) is 0.231. The van der Waals surface area contributed by atoms with E-state index in [4.69, 9.17) is 4.74 Å². The molecule has 2 aromatic rings. The van der Waals surface area contributed by atoms with Crippen LogP contribution in [0.1, 0.15) is 21.6 Å². The molecule has 1 heterocycles. The molecule has 18 heavy (non-hydrogen) atoms.